The van der Waals surface area contributed by atoms with E-state index in [2.05, 4.69) is 28.7 Å². The Morgan fingerprint density at radius 3 is 3.00 bits per heavy atom. The van der Waals surface area contributed by atoms with Crippen LogP contribution in [0.2, 0.25) is 0 Å². The van der Waals surface area contributed by atoms with Crippen molar-refractivity contribution < 1.29 is 0 Å². The molecule has 18 heavy (non-hydrogen) atoms. The Kier molecular flexibility index (Phi) is 4.78. The molecule has 0 amide bonds. The first-order valence-corrected chi connectivity index (χ1v) is 7.31. The zero-order valence-corrected chi connectivity index (χ0v) is 11.4. The van der Waals surface area contributed by atoms with Crippen molar-refractivity contribution in [3.63, 3.8) is 0 Å². The molecular formula is C13H18N4S. The normalized spacial score (nSPS) is 10.8. The number of benzene rings is 1. The lowest BCUT2D eigenvalue weighted by atomic mass is 10.2. The van der Waals surface area contributed by atoms with Crippen LogP contribution in [0, 0.1) is 0 Å². The van der Waals surface area contributed by atoms with Crippen LogP contribution in [0.4, 0.5) is 0 Å². The first kappa shape index (κ1) is 13.1. The van der Waals surface area contributed by atoms with Crippen LogP contribution in [0.3, 0.4) is 0 Å². The van der Waals surface area contributed by atoms with E-state index in [4.69, 9.17) is 5.73 Å². The summed E-state index contributed by atoms with van der Waals surface area (Å²) in [4.78, 5) is 1.23. The van der Waals surface area contributed by atoms with Crippen molar-refractivity contribution in [3.8, 4) is 5.69 Å². The summed E-state index contributed by atoms with van der Waals surface area (Å²) in [6.07, 6.45) is 7.11. The van der Waals surface area contributed by atoms with Gasteiger partial charge < -0.3 is 5.73 Å². The maximum absolute atomic E-state index is 5.48. The number of hydrogen-bond acceptors (Lipinski definition) is 4. The van der Waals surface area contributed by atoms with Crippen molar-refractivity contribution in [1.29, 1.82) is 0 Å². The van der Waals surface area contributed by atoms with Crippen LogP contribution in [0.15, 0.2) is 35.4 Å². The van der Waals surface area contributed by atoms with Gasteiger partial charge in [-0.2, -0.15) is 0 Å². The SMILES string of the molecule is CSc1cccc(-n2cc(CCCCN)nn2)c1. The second kappa shape index (κ2) is 6.56. The highest BCUT2D eigenvalue weighted by Crippen LogP contribution is 2.18. The van der Waals surface area contributed by atoms with E-state index in [0.717, 1.165) is 37.2 Å². The van der Waals surface area contributed by atoms with Crippen LogP contribution in [0.5, 0.6) is 0 Å². The first-order valence-electron chi connectivity index (χ1n) is 6.09. The summed E-state index contributed by atoms with van der Waals surface area (Å²) >= 11 is 1.73. The Morgan fingerprint density at radius 2 is 2.22 bits per heavy atom. The largest absolute Gasteiger partial charge is 0.330 e. The molecule has 0 fully saturated rings. The molecule has 2 aromatic rings. The standard InChI is InChI=1S/C13H18N4S/c1-18-13-7-4-6-12(9-13)17-10-11(15-16-17)5-2-3-8-14/h4,6-7,9-10H,2-3,5,8,14H2,1H3. The summed E-state index contributed by atoms with van der Waals surface area (Å²) < 4.78 is 1.83. The number of aryl methyl sites for hydroxylation is 1. The Hall–Kier alpha value is -1.33. The Morgan fingerprint density at radius 1 is 1.33 bits per heavy atom. The van der Waals surface area contributed by atoms with E-state index in [1.807, 2.05) is 23.0 Å². The zero-order chi connectivity index (χ0) is 12.8. The van der Waals surface area contributed by atoms with Crippen molar-refractivity contribution >= 4 is 11.8 Å². The predicted molar refractivity (Wildman–Crippen MR) is 75.1 cm³/mol. The lowest BCUT2D eigenvalue weighted by Crippen LogP contribution is -1.99. The second-order valence-corrected chi connectivity index (χ2v) is 4.98. The number of aromatic nitrogens is 3. The summed E-state index contributed by atoms with van der Waals surface area (Å²) in [6.45, 7) is 0.740. The average Bonchev–Trinajstić information content (AvgIpc) is 2.88. The summed E-state index contributed by atoms with van der Waals surface area (Å²) in [5.74, 6) is 0. The minimum Gasteiger partial charge on any atom is -0.330 e. The third-order valence-corrected chi connectivity index (χ3v) is 3.47. The summed E-state index contributed by atoms with van der Waals surface area (Å²) in [7, 11) is 0. The van der Waals surface area contributed by atoms with Crippen LogP contribution in [0.25, 0.3) is 5.69 Å². The van der Waals surface area contributed by atoms with E-state index in [0.29, 0.717) is 0 Å². The molecule has 0 bridgehead atoms. The maximum Gasteiger partial charge on any atom is 0.0831 e. The molecule has 0 aliphatic heterocycles. The topological polar surface area (TPSA) is 56.7 Å². The molecule has 2 N–H and O–H groups in total. The Balaban J connectivity index is 2.08. The second-order valence-electron chi connectivity index (χ2n) is 4.10. The van der Waals surface area contributed by atoms with Crippen LogP contribution >= 0.6 is 11.8 Å². The third-order valence-electron chi connectivity index (χ3n) is 2.75. The molecule has 0 saturated carbocycles. The van der Waals surface area contributed by atoms with Gasteiger partial charge in [0.1, 0.15) is 0 Å². The van der Waals surface area contributed by atoms with Crippen molar-refractivity contribution in [2.45, 2.75) is 24.2 Å². The molecule has 1 heterocycles. The van der Waals surface area contributed by atoms with Gasteiger partial charge in [0.25, 0.3) is 0 Å². The molecule has 4 nitrogen and oxygen atoms in total. The van der Waals surface area contributed by atoms with Crippen molar-refractivity contribution in [2.24, 2.45) is 5.73 Å². The number of thioether (sulfide) groups is 1. The zero-order valence-electron chi connectivity index (χ0n) is 10.5. The van der Waals surface area contributed by atoms with E-state index in [1.165, 1.54) is 4.90 Å². The van der Waals surface area contributed by atoms with Gasteiger partial charge in [0.05, 0.1) is 17.6 Å². The van der Waals surface area contributed by atoms with Gasteiger partial charge in [-0.3, -0.25) is 0 Å². The van der Waals surface area contributed by atoms with Crippen molar-refractivity contribution in [2.75, 3.05) is 12.8 Å². The van der Waals surface area contributed by atoms with Gasteiger partial charge in [0, 0.05) is 4.90 Å². The van der Waals surface area contributed by atoms with Gasteiger partial charge in [0.15, 0.2) is 0 Å². The predicted octanol–water partition coefficient (Wildman–Crippen LogP) is 2.27. The molecule has 0 aliphatic carbocycles. The quantitative estimate of drug-likeness (QED) is 0.641. The minimum atomic E-state index is 0.740. The molecule has 96 valence electrons. The summed E-state index contributed by atoms with van der Waals surface area (Å²) in [5, 5.41) is 8.35. The smallest absolute Gasteiger partial charge is 0.0831 e. The molecule has 0 unspecified atom stereocenters. The molecule has 0 saturated heterocycles. The van der Waals surface area contributed by atoms with Gasteiger partial charge in [-0.25, -0.2) is 4.68 Å². The molecular weight excluding hydrogens is 244 g/mol. The number of hydrogen-bond donors (Lipinski definition) is 1. The van der Waals surface area contributed by atoms with Gasteiger partial charge in [-0.05, 0) is 50.3 Å². The fourth-order valence-corrected chi connectivity index (χ4v) is 2.20. The molecule has 0 radical (unpaired) electrons. The number of rotatable bonds is 6. The highest BCUT2D eigenvalue weighted by atomic mass is 32.2. The molecule has 1 aromatic heterocycles. The van der Waals surface area contributed by atoms with Crippen LogP contribution in [0.1, 0.15) is 18.5 Å². The fraction of sp³-hybridized carbons (Fsp3) is 0.385. The minimum absolute atomic E-state index is 0.740. The van der Waals surface area contributed by atoms with Gasteiger partial charge in [-0.1, -0.05) is 11.3 Å². The number of unbranched alkanes of at least 4 members (excludes halogenated alkanes) is 1. The Bertz CT molecular complexity index is 495. The van der Waals surface area contributed by atoms with E-state index < -0.39 is 0 Å². The van der Waals surface area contributed by atoms with E-state index >= 15 is 0 Å². The van der Waals surface area contributed by atoms with E-state index in [9.17, 15) is 0 Å². The molecule has 1 aromatic carbocycles. The third kappa shape index (κ3) is 3.34. The van der Waals surface area contributed by atoms with E-state index in [1.54, 1.807) is 11.8 Å². The highest BCUT2D eigenvalue weighted by molar-refractivity contribution is 7.98. The van der Waals surface area contributed by atoms with Gasteiger partial charge in [-0.15, -0.1) is 16.9 Å². The lowest BCUT2D eigenvalue weighted by Gasteiger charge is -2.01. The monoisotopic (exact) mass is 262 g/mol. The van der Waals surface area contributed by atoms with Gasteiger partial charge in [0.2, 0.25) is 0 Å². The summed E-state index contributed by atoms with van der Waals surface area (Å²) in [5.41, 5.74) is 7.56. The summed E-state index contributed by atoms with van der Waals surface area (Å²) in [6, 6.07) is 8.28. The van der Waals surface area contributed by atoms with Crippen LogP contribution < -0.4 is 5.73 Å². The molecule has 0 aliphatic rings. The van der Waals surface area contributed by atoms with Crippen molar-refractivity contribution in [3.05, 3.63) is 36.2 Å². The van der Waals surface area contributed by atoms with Gasteiger partial charge >= 0.3 is 0 Å². The van der Waals surface area contributed by atoms with Crippen molar-refractivity contribution in [1.82, 2.24) is 15.0 Å². The van der Waals surface area contributed by atoms with Crippen LogP contribution in [-0.4, -0.2) is 27.8 Å². The highest BCUT2D eigenvalue weighted by Gasteiger charge is 2.03. The first-order chi connectivity index (χ1) is 8.83. The van der Waals surface area contributed by atoms with Crippen LogP contribution in [-0.2, 0) is 6.42 Å². The molecule has 2 rings (SSSR count). The maximum atomic E-state index is 5.48. The lowest BCUT2D eigenvalue weighted by molar-refractivity contribution is 0.727. The van der Waals surface area contributed by atoms with E-state index in [-0.39, 0.29) is 0 Å². The molecule has 5 heteroatoms. The number of nitrogens with zero attached hydrogens (tertiary/aromatic N) is 3. The Labute approximate surface area is 112 Å². The average molecular weight is 262 g/mol. The molecule has 0 atom stereocenters. The molecule has 0 spiro atoms. The number of nitrogens with two attached hydrogens (primary N) is 1. The fourth-order valence-electron chi connectivity index (χ4n) is 1.74.